The molecule has 0 spiro atoms. The van der Waals surface area contributed by atoms with Crippen LogP contribution in [0.4, 0.5) is 5.69 Å². The molecule has 7 heteroatoms. The van der Waals surface area contributed by atoms with Crippen LogP contribution in [0.5, 0.6) is 0 Å². The molecule has 32 heavy (non-hydrogen) atoms. The zero-order valence-electron chi connectivity index (χ0n) is 18.6. The second-order valence-corrected chi connectivity index (χ2v) is 10.9. The maximum Gasteiger partial charge on any atom is 0.243 e. The number of benzene rings is 2. The van der Waals surface area contributed by atoms with Gasteiger partial charge in [-0.15, -0.1) is 0 Å². The molecule has 0 atom stereocenters. The predicted octanol–water partition coefficient (Wildman–Crippen LogP) is 4.06. The van der Waals surface area contributed by atoms with Crippen LogP contribution in [0.1, 0.15) is 55.7 Å². The van der Waals surface area contributed by atoms with Gasteiger partial charge < -0.3 is 4.90 Å². The highest BCUT2D eigenvalue weighted by Crippen LogP contribution is 2.33. The number of aryl methyl sites for hydroxylation is 1. The molecule has 0 aliphatic carbocycles. The molecule has 0 unspecified atom stereocenters. The van der Waals surface area contributed by atoms with Gasteiger partial charge in [-0.3, -0.25) is 4.79 Å². The van der Waals surface area contributed by atoms with E-state index in [1.54, 1.807) is 0 Å². The number of amides is 1. The minimum absolute atomic E-state index is 0.110. The molecule has 0 aromatic heterocycles. The van der Waals surface area contributed by atoms with Crippen LogP contribution in [0.3, 0.4) is 0 Å². The minimum Gasteiger partial charge on any atom is -0.312 e. The molecule has 1 amide bonds. The zero-order chi connectivity index (χ0) is 22.9. The van der Waals surface area contributed by atoms with Crippen LogP contribution >= 0.6 is 0 Å². The van der Waals surface area contributed by atoms with Gasteiger partial charge in [0.2, 0.25) is 15.9 Å². The summed E-state index contributed by atoms with van der Waals surface area (Å²) in [6.07, 6.45) is 2.97. The lowest BCUT2D eigenvalue weighted by molar-refractivity contribution is -0.123. The molecule has 2 aromatic rings. The van der Waals surface area contributed by atoms with Crippen LogP contribution in [0.15, 0.2) is 47.4 Å². The third kappa shape index (κ3) is 4.30. The Morgan fingerprint density at radius 1 is 1.06 bits per heavy atom. The molecule has 2 aromatic carbocycles. The quantitative estimate of drug-likeness (QED) is 0.702. The maximum absolute atomic E-state index is 13.4. The van der Waals surface area contributed by atoms with Crippen LogP contribution in [0, 0.1) is 17.2 Å². The molecular formula is C25H29N3O3S. The highest BCUT2D eigenvalue weighted by Gasteiger charge is 2.35. The van der Waals surface area contributed by atoms with Crippen molar-refractivity contribution in [3.05, 3.63) is 59.2 Å². The summed E-state index contributed by atoms with van der Waals surface area (Å²) < 4.78 is 27.4. The number of piperidine rings is 1. The number of nitriles is 1. The molecule has 0 saturated carbocycles. The smallest absolute Gasteiger partial charge is 0.243 e. The lowest BCUT2D eigenvalue weighted by Crippen LogP contribution is -2.45. The van der Waals surface area contributed by atoms with E-state index in [-0.39, 0.29) is 16.7 Å². The molecule has 1 saturated heterocycles. The summed E-state index contributed by atoms with van der Waals surface area (Å²) in [5, 5.41) is 8.92. The summed E-state index contributed by atoms with van der Waals surface area (Å²) in [5.74, 6) is 0.394. The van der Waals surface area contributed by atoms with E-state index in [1.165, 1.54) is 39.7 Å². The topological polar surface area (TPSA) is 81.5 Å². The summed E-state index contributed by atoms with van der Waals surface area (Å²) in [5.41, 5.74) is 3.96. The predicted molar refractivity (Wildman–Crippen MR) is 124 cm³/mol. The van der Waals surface area contributed by atoms with Gasteiger partial charge in [-0.05, 0) is 73.1 Å². The van der Waals surface area contributed by atoms with Crippen molar-refractivity contribution in [3.63, 3.8) is 0 Å². The number of sulfonamides is 1. The molecule has 6 nitrogen and oxygen atoms in total. The van der Waals surface area contributed by atoms with E-state index in [9.17, 15) is 13.2 Å². The second kappa shape index (κ2) is 9.05. The zero-order valence-corrected chi connectivity index (χ0v) is 19.4. The summed E-state index contributed by atoms with van der Waals surface area (Å²) in [6, 6.07) is 14.4. The normalized spacial score (nSPS) is 17.8. The van der Waals surface area contributed by atoms with Crippen LogP contribution in [0.25, 0.3) is 0 Å². The molecule has 0 bridgehead atoms. The number of nitrogens with zero attached hydrogens (tertiary/aromatic N) is 3. The minimum atomic E-state index is -3.62. The van der Waals surface area contributed by atoms with Gasteiger partial charge in [-0.1, -0.05) is 26.0 Å². The molecule has 2 aliphatic heterocycles. The van der Waals surface area contributed by atoms with E-state index < -0.39 is 10.0 Å². The van der Waals surface area contributed by atoms with Crippen molar-refractivity contribution in [2.24, 2.45) is 5.92 Å². The van der Waals surface area contributed by atoms with E-state index in [0.717, 1.165) is 25.1 Å². The lowest BCUT2D eigenvalue weighted by Gasteiger charge is -2.36. The number of fused-ring (bicyclic) bond motifs is 1. The van der Waals surface area contributed by atoms with E-state index in [0.29, 0.717) is 37.4 Å². The van der Waals surface area contributed by atoms with E-state index in [4.69, 9.17) is 5.26 Å². The first-order valence-electron chi connectivity index (χ1n) is 11.3. The largest absolute Gasteiger partial charge is 0.312 e. The van der Waals surface area contributed by atoms with Gasteiger partial charge >= 0.3 is 0 Å². The molecule has 0 N–H and O–H groups in total. The Kier molecular flexibility index (Phi) is 6.36. The summed E-state index contributed by atoms with van der Waals surface area (Å²) in [7, 11) is -3.62. The molecule has 4 rings (SSSR count). The number of hydrogen-bond donors (Lipinski definition) is 0. The number of anilines is 1. The van der Waals surface area contributed by atoms with E-state index in [2.05, 4.69) is 32.0 Å². The van der Waals surface area contributed by atoms with Gasteiger partial charge in [0.05, 0.1) is 16.5 Å². The molecule has 0 radical (unpaired) electrons. The van der Waals surface area contributed by atoms with Crippen LogP contribution < -0.4 is 4.90 Å². The standard InChI is InChI=1S/C25H29N3O3S/c1-18(2)21-7-10-24-22(16-21)4-3-13-28(24)25(29)20-11-14-27(15-12-20)32(30,31)23-8-5-19(17-26)6-9-23/h5-10,16,18,20H,3-4,11-15H2,1-2H3. The average molecular weight is 452 g/mol. The molecular weight excluding hydrogens is 422 g/mol. The fraction of sp³-hybridized carbons (Fsp3) is 0.440. The van der Waals surface area contributed by atoms with Crippen molar-refractivity contribution in [2.75, 3.05) is 24.5 Å². The summed E-state index contributed by atoms with van der Waals surface area (Å²) in [4.78, 5) is 15.5. The van der Waals surface area contributed by atoms with Gasteiger partial charge in [-0.2, -0.15) is 9.57 Å². The van der Waals surface area contributed by atoms with Crippen LogP contribution in [-0.4, -0.2) is 38.3 Å². The third-order valence-corrected chi connectivity index (χ3v) is 8.49. The van der Waals surface area contributed by atoms with Crippen molar-refractivity contribution in [3.8, 4) is 6.07 Å². The first kappa shape index (κ1) is 22.5. The first-order valence-corrected chi connectivity index (χ1v) is 12.7. The van der Waals surface area contributed by atoms with Crippen molar-refractivity contribution in [2.45, 2.75) is 50.3 Å². The van der Waals surface area contributed by atoms with Crippen molar-refractivity contribution in [1.29, 1.82) is 5.26 Å². The van der Waals surface area contributed by atoms with Crippen LogP contribution in [0.2, 0.25) is 0 Å². The molecule has 2 aliphatic rings. The Morgan fingerprint density at radius 3 is 2.38 bits per heavy atom. The molecule has 2 heterocycles. The Balaban J connectivity index is 1.45. The number of hydrogen-bond acceptors (Lipinski definition) is 4. The highest BCUT2D eigenvalue weighted by molar-refractivity contribution is 7.89. The lowest BCUT2D eigenvalue weighted by atomic mass is 9.92. The Labute approximate surface area is 190 Å². The third-order valence-electron chi connectivity index (χ3n) is 6.58. The Morgan fingerprint density at radius 2 is 1.75 bits per heavy atom. The van der Waals surface area contributed by atoms with Gasteiger partial charge in [0, 0.05) is 31.2 Å². The fourth-order valence-corrected chi connectivity index (χ4v) is 6.09. The Hall–Kier alpha value is -2.69. The van der Waals surface area contributed by atoms with Crippen LogP contribution in [-0.2, 0) is 21.2 Å². The maximum atomic E-state index is 13.4. The van der Waals surface area contributed by atoms with Crippen molar-refractivity contribution >= 4 is 21.6 Å². The SMILES string of the molecule is CC(C)c1ccc2c(c1)CCCN2C(=O)C1CCN(S(=O)(=O)c2ccc(C#N)cc2)CC1. The van der Waals surface area contributed by atoms with Gasteiger partial charge in [0.15, 0.2) is 0 Å². The summed E-state index contributed by atoms with van der Waals surface area (Å²) >= 11 is 0. The van der Waals surface area contributed by atoms with E-state index in [1.807, 2.05) is 11.0 Å². The number of carbonyl (C=O) groups is 1. The van der Waals surface area contributed by atoms with Gasteiger partial charge in [0.25, 0.3) is 0 Å². The fourth-order valence-electron chi connectivity index (χ4n) is 4.62. The van der Waals surface area contributed by atoms with Gasteiger partial charge in [-0.25, -0.2) is 8.42 Å². The number of carbonyl (C=O) groups excluding carboxylic acids is 1. The van der Waals surface area contributed by atoms with Crippen molar-refractivity contribution in [1.82, 2.24) is 4.31 Å². The average Bonchev–Trinajstić information content (AvgIpc) is 2.83. The monoisotopic (exact) mass is 451 g/mol. The van der Waals surface area contributed by atoms with Crippen molar-refractivity contribution < 1.29 is 13.2 Å². The molecule has 168 valence electrons. The first-order chi connectivity index (χ1) is 15.3. The Bertz CT molecular complexity index is 1140. The van der Waals surface area contributed by atoms with E-state index >= 15 is 0 Å². The number of rotatable bonds is 4. The highest BCUT2D eigenvalue weighted by atomic mass is 32.2. The summed E-state index contributed by atoms with van der Waals surface area (Å²) in [6.45, 7) is 5.72. The second-order valence-electron chi connectivity index (χ2n) is 8.95. The van der Waals surface area contributed by atoms with Gasteiger partial charge in [0.1, 0.15) is 0 Å². The molecule has 1 fully saturated rings.